The van der Waals surface area contributed by atoms with Crippen LogP contribution in [0.25, 0.3) is 0 Å². The number of aliphatic carboxylic acids is 1. The molecule has 0 saturated heterocycles. The van der Waals surface area contributed by atoms with Crippen LogP contribution in [0.3, 0.4) is 0 Å². The summed E-state index contributed by atoms with van der Waals surface area (Å²) in [6, 6.07) is -1.43. The second-order valence-corrected chi connectivity index (χ2v) is 7.48. The van der Waals surface area contributed by atoms with E-state index in [4.69, 9.17) is 5.11 Å². The van der Waals surface area contributed by atoms with E-state index in [2.05, 4.69) is 15.4 Å². The van der Waals surface area contributed by atoms with Crippen LogP contribution in [0.15, 0.2) is 0 Å². The van der Waals surface area contributed by atoms with Gasteiger partial charge in [-0.05, 0) is 26.7 Å². The van der Waals surface area contributed by atoms with Gasteiger partial charge in [-0.15, -0.1) is 0 Å². The van der Waals surface area contributed by atoms with Crippen molar-refractivity contribution in [1.82, 2.24) is 10.6 Å². The lowest BCUT2D eigenvalue weighted by molar-refractivity contribution is -0.144. The molecular weight excluding hydrogens is 376 g/mol. The monoisotopic (exact) mass is 414 g/mol. The van der Waals surface area contributed by atoms with Gasteiger partial charge in [-0.2, -0.15) is 0 Å². The number of carbonyl (C=O) groups excluding carboxylic acids is 3. The van der Waals surface area contributed by atoms with E-state index in [0.717, 1.165) is 51.4 Å². The second-order valence-electron chi connectivity index (χ2n) is 7.48. The fourth-order valence-corrected chi connectivity index (χ4v) is 2.91. The third-order valence-electron chi connectivity index (χ3n) is 4.74. The summed E-state index contributed by atoms with van der Waals surface area (Å²) in [6.45, 7) is 3.07. The maximum Gasteiger partial charge on any atom is 0.328 e. The van der Waals surface area contributed by atoms with Gasteiger partial charge < -0.3 is 20.5 Å². The third kappa shape index (κ3) is 15.5. The van der Waals surface area contributed by atoms with Crippen molar-refractivity contribution in [2.75, 3.05) is 7.11 Å². The van der Waals surface area contributed by atoms with Gasteiger partial charge in [-0.25, -0.2) is 4.79 Å². The van der Waals surface area contributed by atoms with Crippen molar-refractivity contribution in [3.63, 3.8) is 0 Å². The molecule has 0 spiro atoms. The molecule has 0 aliphatic rings. The van der Waals surface area contributed by atoms with E-state index in [-0.39, 0.29) is 11.8 Å². The molecule has 0 aromatic rings. The number of nitrogens with one attached hydrogen (secondary N) is 2. The van der Waals surface area contributed by atoms with Gasteiger partial charge >= 0.3 is 11.9 Å². The van der Waals surface area contributed by atoms with Crippen LogP contribution >= 0.6 is 0 Å². The number of unbranched alkanes of at least 4 members (excludes halogenated alkanes) is 9. The smallest absolute Gasteiger partial charge is 0.328 e. The highest BCUT2D eigenvalue weighted by Gasteiger charge is 2.15. The summed E-state index contributed by atoms with van der Waals surface area (Å²) in [4.78, 5) is 45.1. The lowest BCUT2D eigenvalue weighted by Crippen LogP contribution is -2.38. The Morgan fingerprint density at radius 3 is 1.38 bits per heavy atom. The minimum Gasteiger partial charge on any atom is -0.480 e. The molecule has 2 atom stereocenters. The molecule has 2 amide bonds. The molecule has 29 heavy (non-hydrogen) atoms. The van der Waals surface area contributed by atoms with Crippen LogP contribution in [-0.4, -0.2) is 48.1 Å². The van der Waals surface area contributed by atoms with E-state index in [1.807, 2.05) is 0 Å². The van der Waals surface area contributed by atoms with Gasteiger partial charge in [-0.1, -0.05) is 51.4 Å². The van der Waals surface area contributed by atoms with Crippen molar-refractivity contribution in [2.24, 2.45) is 0 Å². The van der Waals surface area contributed by atoms with Crippen LogP contribution in [0.4, 0.5) is 0 Å². The number of methoxy groups -OCH3 is 1. The Morgan fingerprint density at radius 2 is 1.03 bits per heavy atom. The summed E-state index contributed by atoms with van der Waals surface area (Å²) >= 11 is 0. The van der Waals surface area contributed by atoms with Crippen LogP contribution < -0.4 is 10.6 Å². The van der Waals surface area contributed by atoms with Gasteiger partial charge in [0.2, 0.25) is 11.8 Å². The summed E-state index contributed by atoms with van der Waals surface area (Å²) in [5.74, 6) is -1.77. The highest BCUT2D eigenvalue weighted by Crippen LogP contribution is 2.12. The second kappa shape index (κ2) is 16.8. The Morgan fingerprint density at radius 1 is 0.690 bits per heavy atom. The van der Waals surface area contributed by atoms with Crippen LogP contribution in [0.5, 0.6) is 0 Å². The molecule has 0 aliphatic carbocycles. The molecule has 0 aliphatic heterocycles. The SMILES string of the molecule is COC(=O)C(C)NC(=O)CCCCCCCCCCCCC(=O)NC(C)C(=O)O. The van der Waals surface area contributed by atoms with Crippen LogP contribution in [0, 0.1) is 0 Å². The molecular formula is C21H38N2O6. The fourth-order valence-electron chi connectivity index (χ4n) is 2.91. The van der Waals surface area contributed by atoms with Gasteiger partial charge in [0, 0.05) is 12.8 Å². The molecule has 0 rings (SSSR count). The fraction of sp³-hybridized carbons (Fsp3) is 0.810. The van der Waals surface area contributed by atoms with Gasteiger partial charge in [0.1, 0.15) is 12.1 Å². The molecule has 0 bridgehead atoms. The Labute approximate surface area is 174 Å². The van der Waals surface area contributed by atoms with E-state index < -0.39 is 24.0 Å². The minimum absolute atomic E-state index is 0.117. The van der Waals surface area contributed by atoms with E-state index >= 15 is 0 Å². The molecule has 2 unspecified atom stereocenters. The van der Waals surface area contributed by atoms with Crippen molar-refractivity contribution >= 4 is 23.8 Å². The molecule has 8 nitrogen and oxygen atoms in total. The van der Waals surface area contributed by atoms with E-state index in [1.54, 1.807) is 6.92 Å². The lowest BCUT2D eigenvalue weighted by Gasteiger charge is -2.11. The van der Waals surface area contributed by atoms with Gasteiger partial charge in [0.15, 0.2) is 0 Å². The number of rotatable bonds is 17. The van der Waals surface area contributed by atoms with Crippen LogP contribution in [-0.2, 0) is 23.9 Å². The number of hydrogen-bond donors (Lipinski definition) is 3. The van der Waals surface area contributed by atoms with E-state index in [1.165, 1.54) is 26.9 Å². The minimum atomic E-state index is -1.02. The van der Waals surface area contributed by atoms with Gasteiger partial charge in [-0.3, -0.25) is 14.4 Å². The quantitative estimate of drug-likeness (QED) is 0.248. The number of carboxylic acids is 1. The highest BCUT2D eigenvalue weighted by molar-refractivity contribution is 5.84. The van der Waals surface area contributed by atoms with E-state index in [0.29, 0.717) is 12.8 Å². The Balaban J connectivity index is 3.41. The number of ether oxygens (including phenoxy) is 1. The highest BCUT2D eigenvalue weighted by atomic mass is 16.5. The molecule has 168 valence electrons. The maximum atomic E-state index is 11.7. The predicted octanol–water partition coefficient (Wildman–Crippen LogP) is 2.93. The van der Waals surface area contributed by atoms with Crippen LogP contribution in [0.1, 0.15) is 90.9 Å². The zero-order valence-corrected chi connectivity index (χ0v) is 18.1. The normalized spacial score (nSPS) is 12.7. The number of hydrogen-bond acceptors (Lipinski definition) is 5. The molecule has 0 aromatic carbocycles. The zero-order chi connectivity index (χ0) is 22.1. The van der Waals surface area contributed by atoms with Crippen molar-refractivity contribution in [1.29, 1.82) is 0 Å². The number of esters is 1. The number of carboxylic acid groups (broad SMARTS) is 1. The average Bonchev–Trinajstić information content (AvgIpc) is 2.67. The molecule has 0 aromatic heterocycles. The third-order valence-corrected chi connectivity index (χ3v) is 4.74. The maximum absolute atomic E-state index is 11.7. The zero-order valence-electron chi connectivity index (χ0n) is 18.1. The van der Waals surface area contributed by atoms with Crippen molar-refractivity contribution in [3.05, 3.63) is 0 Å². The van der Waals surface area contributed by atoms with Crippen molar-refractivity contribution in [3.8, 4) is 0 Å². The summed E-state index contributed by atoms with van der Waals surface area (Å²) in [7, 11) is 1.30. The summed E-state index contributed by atoms with van der Waals surface area (Å²) < 4.78 is 4.57. The number of carbonyl (C=O) groups is 4. The van der Waals surface area contributed by atoms with Crippen LogP contribution in [0.2, 0.25) is 0 Å². The first kappa shape index (κ1) is 26.9. The first-order chi connectivity index (χ1) is 13.8. The molecule has 0 radical (unpaired) electrons. The average molecular weight is 415 g/mol. The Kier molecular flexibility index (Phi) is 15.6. The molecule has 8 heteroatoms. The lowest BCUT2D eigenvalue weighted by atomic mass is 10.0. The Bertz CT molecular complexity index is 509. The topological polar surface area (TPSA) is 122 Å². The largest absolute Gasteiger partial charge is 0.480 e. The summed E-state index contributed by atoms with van der Waals surface area (Å²) in [5, 5.41) is 13.8. The molecule has 0 heterocycles. The van der Waals surface area contributed by atoms with Crippen molar-refractivity contribution in [2.45, 2.75) is 103 Å². The standard InChI is InChI=1S/C21H38N2O6/c1-16(20(26)27)22-18(24)14-12-10-8-6-4-5-7-9-11-13-15-19(25)23-17(2)21(28)29-3/h16-17H,4-15H2,1-3H3,(H,22,24)(H,23,25)(H,26,27). The Hall–Kier alpha value is -2.12. The first-order valence-corrected chi connectivity index (χ1v) is 10.7. The van der Waals surface area contributed by atoms with E-state index in [9.17, 15) is 19.2 Å². The summed E-state index contributed by atoms with van der Waals surface area (Å²) in [5.41, 5.74) is 0. The molecule has 3 N–H and O–H groups in total. The van der Waals surface area contributed by atoms with Gasteiger partial charge in [0.05, 0.1) is 7.11 Å². The predicted molar refractivity (Wildman–Crippen MR) is 110 cm³/mol. The molecule has 0 saturated carbocycles. The summed E-state index contributed by atoms with van der Waals surface area (Å²) in [6.07, 6.45) is 11.2. The number of amides is 2. The first-order valence-electron chi connectivity index (χ1n) is 10.7. The van der Waals surface area contributed by atoms with Crippen molar-refractivity contribution < 1.29 is 29.0 Å². The van der Waals surface area contributed by atoms with Gasteiger partial charge in [0.25, 0.3) is 0 Å². The molecule has 0 fully saturated rings.